The highest BCUT2D eigenvalue weighted by atomic mass is 35.5. The number of aromatic amines is 1. The first-order valence-electron chi connectivity index (χ1n) is 11.8. The van der Waals surface area contributed by atoms with Crippen LogP contribution in [0.2, 0.25) is 0 Å². The fourth-order valence-electron chi connectivity index (χ4n) is 4.91. The maximum atomic E-state index is 6.14. The van der Waals surface area contributed by atoms with Gasteiger partial charge in [-0.15, -0.1) is 24.8 Å². The zero-order chi connectivity index (χ0) is 23.5. The molecular weight excluding hydrogens is 505 g/mol. The molecule has 2 aliphatic rings. The Labute approximate surface area is 224 Å². The number of para-hydroxylation sites is 2. The van der Waals surface area contributed by atoms with Crippen LogP contribution in [0.1, 0.15) is 12.8 Å². The van der Waals surface area contributed by atoms with Crippen molar-refractivity contribution in [3.63, 3.8) is 0 Å². The molecule has 198 valence electrons. The van der Waals surface area contributed by atoms with Crippen molar-refractivity contribution in [3.05, 3.63) is 36.4 Å². The van der Waals surface area contributed by atoms with Gasteiger partial charge in [-0.25, -0.2) is 0 Å². The van der Waals surface area contributed by atoms with Crippen molar-refractivity contribution in [3.8, 4) is 28.7 Å². The van der Waals surface area contributed by atoms with Gasteiger partial charge in [0.15, 0.2) is 23.0 Å². The predicted molar refractivity (Wildman–Crippen MR) is 146 cm³/mol. The highest BCUT2D eigenvalue weighted by Crippen LogP contribution is 2.43. The normalized spacial score (nSPS) is 17.6. The number of hydrogen-bond acceptors (Lipinski definition) is 7. The standard InChI is InChI=1S/C26H33N3O5.2ClH/c1-30-22-12-18-13-23(28-24(18)26(32-3)25(22)31-2)27-14-17-8-10-29(11-9-17)15-19-16-33-20-6-4-5-7-21(20)34-19;;/h4-7,12-13,17,19,27-28H,8-11,14-16H2,1-3H3;2*1H/t19-;;/m1../s1. The van der Waals surface area contributed by atoms with Crippen LogP contribution in [-0.2, 0) is 0 Å². The first-order valence-corrected chi connectivity index (χ1v) is 11.8. The molecule has 0 bridgehead atoms. The summed E-state index contributed by atoms with van der Waals surface area (Å²) in [6.45, 7) is 4.58. The van der Waals surface area contributed by atoms with Gasteiger partial charge in [-0.1, -0.05) is 12.1 Å². The highest BCUT2D eigenvalue weighted by Gasteiger charge is 2.26. The number of likely N-dealkylation sites (tertiary alicyclic amines) is 1. The summed E-state index contributed by atoms with van der Waals surface area (Å²) >= 11 is 0. The van der Waals surface area contributed by atoms with E-state index in [4.69, 9.17) is 23.7 Å². The Morgan fingerprint density at radius 2 is 1.69 bits per heavy atom. The highest BCUT2D eigenvalue weighted by molar-refractivity contribution is 5.93. The minimum Gasteiger partial charge on any atom is -0.493 e. The average Bonchev–Trinajstić information content (AvgIpc) is 3.29. The Bertz CT molecular complexity index is 1130. The van der Waals surface area contributed by atoms with Crippen LogP contribution >= 0.6 is 24.8 Å². The molecule has 1 saturated heterocycles. The number of H-pyrrole nitrogens is 1. The van der Waals surface area contributed by atoms with Gasteiger partial charge in [-0.3, -0.25) is 4.90 Å². The minimum atomic E-state index is 0. The van der Waals surface area contributed by atoms with Gasteiger partial charge in [-0.2, -0.15) is 0 Å². The van der Waals surface area contributed by atoms with Gasteiger partial charge < -0.3 is 34.0 Å². The van der Waals surface area contributed by atoms with Crippen molar-refractivity contribution >= 4 is 41.5 Å². The van der Waals surface area contributed by atoms with E-state index in [2.05, 4.69) is 21.3 Å². The number of ether oxygens (including phenoxy) is 5. The quantitative estimate of drug-likeness (QED) is 0.417. The van der Waals surface area contributed by atoms with Crippen LogP contribution in [0.4, 0.5) is 5.82 Å². The van der Waals surface area contributed by atoms with E-state index >= 15 is 0 Å². The van der Waals surface area contributed by atoms with Gasteiger partial charge in [0.05, 0.1) is 26.8 Å². The van der Waals surface area contributed by atoms with E-state index in [1.54, 1.807) is 21.3 Å². The molecule has 2 aliphatic heterocycles. The number of halogens is 2. The number of nitrogens with zero attached hydrogens (tertiary/aromatic N) is 1. The van der Waals surface area contributed by atoms with E-state index in [0.29, 0.717) is 29.8 Å². The van der Waals surface area contributed by atoms with Crippen LogP contribution in [0.25, 0.3) is 10.9 Å². The number of piperidine rings is 1. The van der Waals surface area contributed by atoms with E-state index in [9.17, 15) is 0 Å². The summed E-state index contributed by atoms with van der Waals surface area (Å²) in [5, 5.41) is 4.60. The topological polar surface area (TPSA) is 77.2 Å². The van der Waals surface area contributed by atoms with Crippen molar-refractivity contribution in [2.24, 2.45) is 5.92 Å². The summed E-state index contributed by atoms with van der Waals surface area (Å²) in [6.07, 6.45) is 2.39. The van der Waals surface area contributed by atoms with Gasteiger partial charge >= 0.3 is 0 Å². The fraction of sp³-hybridized carbons (Fsp3) is 0.462. The molecule has 1 fully saturated rings. The molecule has 0 aliphatic carbocycles. The zero-order valence-corrected chi connectivity index (χ0v) is 22.5. The lowest BCUT2D eigenvalue weighted by Gasteiger charge is -2.35. The van der Waals surface area contributed by atoms with E-state index in [0.717, 1.165) is 67.2 Å². The van der Waals surface area contributed by atoms with Crippen molar-refractivity contribution in [1.82, 2.24) is 9.88 Å². The summed E-state index contributed by atoms with van der Waals surface area (Å²) in [6, 6.07) is 11.9. The number of nitrogens with one attached hydrogen (secondary N) is 2. The molecule has 2 aromatic carbocycles. The first-order chi connectivity index (χ1) is 16.7. The van der Waals surface area contributed by atoms with E-state index < -0.39 is 0 Å². The molecule has 10 heteroatoms. The van der Waals surface area contributed by atoms with Gasteiger partial charge in [0.25, 0.3) is 0 Å². The minimum absolute atomic E-state index is 0. The molecular formula is C26H35Cl2N3O5. The van der Waals surface area contributed by atoms with Crippen LogP contribution in [0.3, 0.4) is 0 Å². The average molecular weight is 540 g/mol. The predicted octanol–water partition coefficient (Wildman–Crippen LogP) is 5.00. The second-order valence-corrected chi connectivity index (χ2v) is 8.92. The summed E-state index contributed by atoms with van der Waals surface area (Å²) in [7, 11) is 4.89. The number of anilines is 1. The molecule has 0 radical (unpaired) electrons. The van der Waals surface area contributed by atoms with Crippen LogP contribution in [0.15, 0.2) is 36.4 Å². The van der Waals surface area contributed by atoms with Gasteiger partial charge in [0, 0.05) is 18.5 Å². The largest absolute Gasteiger partial charge is 0.493 e. The molecule has 5 rings (SSSR count). The molecule has 1 atom stereocenters. The lowest BCUT2D eigenvalue weighted by molar-refractivity contribution is 0.0485. The summed E-state index contributed by atoms with van der Waals surface area (Å²) in [5.41, 5.74) is 0.897. The summed E-state index contributed by atoms with van der Waals surface area (Å²) < 4.78 is 28.6. The molecule has 0 amide bonds. The number of rotatable bonds is 8. The second kappa shape index (κ2) is 12.5. The van der Waals surface area contributed by atoms with Crippen LogP contribution in [0, 0.1) is 5.92 Å². The zero-order valence-electron chi connectivity index (χ0n) is 20.9. The maximum absolute atomic E-state index is 6.14. The molecule has 0 unspecified atom stereocenters. The lowest BCUT2D eigenvalue weighted by atomic mass is 9.96. The van der Waals surface area contributed by atoms with Crippen LogP contribution in [0.5, 0.6) is 28.7 Å². The summed E-state index contributed by atoms with van der Waals surface area (Å²) in [4.78, 5) is 5.93. The van der Waals surface area contributed by atoms with Gasteiger partial charge in [-0.05, 0) is 56.1 Å². The van der Waals surface area contributed by atoms with Crippen molar-refractivity contribution in [2.75, 3.05) is 59.4 Å². The Kier molecular flexibility index (Phi) is 9.70. The Morgan fingerprint density at radius 1 is 0.972 bits per heavy atom. The van der Waals surface area contributed by atoms with Crippen molar-refractivity contribution < 1.29 is 23.7 Å². The number of benzene rings is 2. The molecule has 3 aromatic rings. The molecule has 36 heavy (non-hydrogen) atoms. The molecule has 1 aromatic heterocycles. The van der Waals surface area contributed by atoms with Gasteiger partial charge in [0.2, 0.25) is 5.75 Å². The van der Waals surface area contributed by atoms with Crippen molar-refractivity contribution in [1.29, 1.82) is 0 Å². The third-order valence-electron chi connectivity index (χ3n) is 6.74. The van der Waals surface area contributed by atoms with Gasteiger partial charge in [0.1, 0.15) is 18.5 Å². The Hall–Kier alpha value is -2.68. The van der Waals surface area contributed by atoms with Crippen LogP contribution < -0.4 is 29.0 Å². The SMILES string of the molecule is COc1cc2cc(NCC3CCN(C[C@@H]4COc5ccccc5O4)CC3)[nH]c2c(OC)c1OC.Cl.Cl. The Balaban J connectivity index is 0.00000180. The number of hydrogen-bond donors (Lipinski definition) is 2. The Morgan fingerprint density at radius 3 is 2.39 bits per heavy atom. The van der Waals surface area contributed by atoms with E-state index in [1.165, 1.54) is 0 Å². The van der Waals surface area contributed by atoms with Crippen molar-refractivity contribution in [2.45, 2.75) is 18.9 Å². The monoisotopic (exact) mass is 539 g/mol. The van der Waals surface area contributed by atoms with E-state index in [-0.39, 0.29) is 30.9 Å². The third kappa shape index (κ3) is 5.82. The second-order valence-electron chi connectivity index (χ2n) is 8.92. The first kappa shape index (κ1) is 27.9. The molecule has 0 spiro atoms. The maximum Gasteiger partial charge on any atom is 0.205 e. The number of methoxy groups -OCH3 is 3. The molecule has 3 heterocycles. The number of aromatic nitrogens is 1. The smallest absolute Gasteiger partial charge is 0.205 e. The third-order valence-corrected chi connectivity index (χ3v) is 6.74. The fourth-order valence-corrected chi connectivity index (χ4v) is 4.91. The number of fused-ring (bicyclic) bond motifs is 2. The summed E-state index contributed by atoms with van der Waals surface area (Å²) in [5.74, 6) is 5.18. The molecule has 2 N–H and O–H groups in total. The van der Waals surface area contributed by atoms with Crippen LogP contribution in [-0.4, -0.2) is 70.1 Å². The lowest BCUT2D eigenvalue weighted by Crippen LogP contribution is -2.44. The van der Waals surface area contributed by atoms with E-state index in [1.807, 2.05) is 30.3 Å². The molecule has 0 saturated carbocycles. The molecule has 8 nitrogen and oxygen atoms in total.